The molecule has 0 radical (unpaired) electrons. The van der Waals surface area contributed by atoms with Crippen LogP contribution in [0.1, 0.15) is 30.9 Å². The zero-order valence-electron chi connectivity index (χ0n) is 14.7. The van der Waals surface area contributed by atoms with Gasteiger partial charge < -0.3 is 4.90 Å². The number of alkyl halides is 3. The first kappa shape index (κ1) is 19.0. The quantitative estimate of drug-likeness (QED) is 0.799. The molecule has 2 heterocycles. The molecule has 0 aliphatic heterocycles. The molecule has 25 heavy (non-hydrogen) atoms. The van der Waals surface area contributed by atoms with Crippen LogP contribution in [0.5, 0.6) is 0 Å². The summed E-state index contributed by atoms with van der Waals surface area (Å²) in [5, 5.41) is 7.89. The molecule has 1 amide bonds. The second-order valence-corrected chi connectivity index (χ2v) is 6.11. The molecular weight excluding hydrogens is 335 g/mol. The molecule has 6 nitrogen and oxygen atoms in total. The maximum absolute atomic E-state index is 12.7. The SMILES string of the molecule is CCn1ccc(CN(C)C(=O)C(C)Cn2nc(C(F)(F)F)cc2C)n1. The average Bonchev–Trinajstić information content (AvgIpc) is 3.13. The maximum atomic E-state index is 12.7. The summed E-state index contributed by atoms with van der Waals surface area (Å²) >= 11 is 0. The van der Waals surface area contributed by atoms with Crippen molar-refractivity contribution in [2.75, 3.05) is 7.05 Å². The van der Waals surface area contributed by atoms with E-state index in [4.69, 9.17) is 0 Å². The highest BCUT2D eigenvalue weighted by Gasteiger charge is 2.34. The highest BCUT2D eigenvalue weighted by Crippen LogP contribution is 2.28. The Bertz CT molecular complexity index is 734. The van der Waals surface area contributed by atoms with Gasteiger partial charge in [-0.1, -0.05) is 6.92 Å². The van der Waals surface area contributed by atoms with Gasteiger partial charge in [-0.25, -0.2) is 0 Å². The van der Waals surface area contributed by atoms with Crippen molar-refractivity contribution >= 4 is 5.91 Å². The standard InChI is InChI=1S/C16H22F3N5O/c1-5-23-7-6-13(20-23)10-22(4)15(25)11(2)9-24-12(3)8-14(21-24)16(17,18)19/h6-8,11H,5,9-10H2,1-4H3. The Morgan fingerprint density at radius 2 is 2.04 bits per heavy atom. The van der Waals surface area contributed by atoms with Crippen LogP contribution in [0.4, 0.5) is 13.2 Å². The molecule has 1 atom stereocenters. The average molecular weight is 357 g/mol. The van der Waals surface area contributed by atoms with E-state index in [0.717, 1.165) is 18.3 Å². The van der Waals surface area contributed by atoms with E-state index in [1.54, 1.807) is 25.6 Å². The Kier molecular flexibility index (Phi) is 5.54. The minimum Gasteiger partial charge on any atom is -0.339 e. The summed E-state index contributed by atoms with van der Waals surface area (Å²) in [4.78, 5) is 14.0. The Hall–Kier alpha value is -2.32. The highest BCUT2D eigenvalue weighted by atomic mass is 19.4. The number of nitrogens with zero attached hydrogens (tertiary/aromatic N) is 5. The third-order valence-electron chi connectivity index (χ3n) is 3.94. The number of carbonyl (C=O) groups is 1. The first-order chi connectivity index (χ1) is 11.6. The van der Waals surface area contributed by atoms with Crippen LogP contribution in [-0.4, -0.2) is 37.4 Å². The fourth-order valence-electron chi connectivity index (χ4n) is 2.53. The van der Waals surface area contributed by atoms with Gasteiger partial charge >= 0.3 is 6.18 Å². The summed E-state index contributed by atoms with van der Waals surface area (Å²) < 4.78 is 41.2. The molecule has 0 saturated carbocycles. The lowest BCUT2D eigenvalue weighted by atomic mass is 10.1. The number of amides is 1. The maximum Gasteiger partial charge on any atom is 0.435 e. The zero-order valence-corrected chi connectivity index (χ0v) is 14.7. The number of halogens is 3. The Morgan fingerprint density at radius 1 is 1.36 bits per heavy atom. The van der Waals surface area contributed by atoms with Crippen LogP contribution in [0.3, 0.4) is 0 Å². The molecule has 2 aromatic heterocycles. The van der Waals surface area contributed by atoms with Crippen LogP contribution in [0, 0.1) is 12.8 Å². The van der Waals surface area contributed by atoms with Crippen LogP contribution >= 0.6 is 0 Å². The highest BCUT2D eigenvalue weighted by molar-refractivity contribution is 5.78. The normalized spacial score (nSPS) is 13.1. The smallest absolute Gasteiger partial charge is 0.339 e. The van der Waals surface area contributed by atoms with Gasteiger partial charge in [0.05, 0.1) is 24.7 Å². The largest absolute Gasteiger partial charge is 0.435 e. The van der Waals surface area contributed by atoms with E-state index in [9.17, 15) is 18.0 Å². The van der Waals surface area contributed by atoms with E-state index < -0.39 is 17.8 Å². The third kappa shape index (κ3) is 4.61. The second-order valence-electron chi connectivity index (χ2n) is 6.11. The Balaban J connectivity index is 2.01. The molecule has 0 aromatic carbocycles. The van der Waals surface area contributed by atoms with Gasteiger partial charge in [0.15, 0.2) is 5.69 Å². The number of hydrogen-bond donors (Lipinski definition) is 0. The van der Waals surface area contributed by atoms with Gasteiger partial charge in [0.1, 0.15) is 0 Å². The van der Waals surface area contributed by atoms with E-state index in [0.29, 0.717) is 12.2 Å². The molecule has 9 heteroatoms. The molecule has 0 N–H and O–H groups in total. The summed E-state index contributed by atoms with van der Waals surface area (Å²) in [5.41, 5.74) is 0.193. The first-order valence-corrected chi connectivity index (χ1v) is 8.00. The van der Waals surface area contributed by atoms with Crippen molar-refractivity contribution in [2.45, 2.75) is 46.6 Å². The molecule has 2 aromatic rings. The lowest BCUT2D eigenvalue weighted by Gasteiger charge is -2.21. The molecular formula is C16H22F3N5O. The third-order valence-corrected chi connectivity index (χ3v) is 3.94. The monoisotopic (exact) mass is 357 g/mol. The second kappa shape index (κ2) is 7.28. The van der Waals surface area contributed by atoms with E-state index in [1.165, 1.54) is 9.58 Å². The molecule has 138 valence electrons. The van der Waals surface area contributed by atoms with Crippen molar-refractivity contribution in [1.82, 2.24) is 24.5 Å². The van der Waals surface area contributed by atoms with Crippen LogP contribution in [0.25, 0.3) is 0 Å². The Labute approximate surface area is 144 Å². The lowest BCUT2D eigenvalue weighted by molar-refractivity contribution is -0.141. The first-order valence-electron chi connectivity index (χ1n) is 8.00. The minimum atomic E-state index is -4.49. The fraction of sp³-hybridized carbons (Fsp3) is 0.562. The number of aromatic nitrogens is 4. The zero-order chi connectivity index (χ0) is 18.8. The van der Waals surface area contributed by atoms with Gasteiger partial charge in [-0.2, -0.15) is 23.4 Å². The van der Waals surface area contributed by atoms with Gasteiger partial charge in [0, 0.05) is 25.5 Å². The summed E-state index contributed by atoms with van der Waals surface area (Å²) in [7, 11) is 1.65. The topological polar surface area (TPSA) is 56.0 Å². The van der Waals surface area contributed by atoms with Gasteiger partial charge in [-0.15, -0.1) is 0 Å². The lowest BCUT2D eigenvalue weighted by Crippen LogP contribution is -2.33. The minimum absolute atomic E-state index is 0.0918. The van der Waals surface area contributed by atoms with Crippen LogP contribution in [0.2, 0.25) is 0 Å². The van der Waals surface area contributed by atoms with Crippen molar-refractivity contribution in [3.05, 3.63) is 35.4 Å². The summed E-state index contributed by atoms with van der Waals surface area (Å²) in [6.45, 7) is 6.37. The van der Waals surface area contributed by atoms with Crippen molar-refractivity contribution in [2.24, 2.45) is 5.92 Å². The number of rotatable bonds is 6. The van der Waals surface area contributed by atoms with Gasteiger partial charge in [0.2, 0.25) is 5.91 Å². The van der Waals surface area contributed by atoms with Crippen molar-refractivity contribution in [3.63, 3.8) is 0 Å². The van der Waals surface area contributed by atoms with Crippen molar-refractivity contribution in [3.8, 4) is 0 Å². The predicted molar refractivity (Wildman–Crippen MR) is 85.5 cm³/mol. The molecule has 0 bridgehead atoms. The Morgan fingerprint density at radius 3 is 2.56 bits per heavy atom. The van der Waals surface area contributed by atoms with E-state index >= 15 is 0 Å². The molecule has 0 aliphatic carbocycles. The predicted octanol–water partition coefficient (Wildman–Crippen LogP) is 2.72. The van der Waals surface area contributed by atoms with Gasteiger partial charge in [-0.3, -0.25) is 14.2 Å². The number of carbonyl (C=O) groups excluding carboxylic acids is 1. The van der Waals surface area contributed by atoms with Gasteiger partial charge in [-0.05, 0) is 26.0 Å². The van der Waals surface area contributed by atoms with Crippen LogP contribution < -0.4 is 0 Å². The van der Waals surface area contributed by atoms with Crippen molar-refractivity contribution in [1.29, 1.82) is 0 Å². The summed E-state index contributed by atoms with van der Waals surface area (Å²) in [6, 6.07) is 2.82. The number of hydrogen-bond acceptors (Lipinski definition) is 3. The molecule has 0 spiro atoms. The van der Waals surface area contributed by atoms with E-state index in [1.807, 2.05) is 19.2 Å². The molecule has 1 unspecified atom stereocenters. The molecule has 0 saturated heterocycles. The van der Waals surface area contributed by atoms with E-state index in [-0.39, 0.29) is 12.5 Å². The molecule has 0 aliphatic rings. The van der Waals surface area contributed by atoms with E-state index in [2.05, 4.69) is 10.2 Å². The molecule has 0 fully saturated rings. The van der Waals surface area contributed by atoms with Crippen molar-refractivity contribution < 1.29 is 18.0 Å². The van der Waals surface area contributed by atoms with Gasteiger partial charge in [0.25, 0.3) is 0 Å². The van der Waals surface area contributed by atoms with Crippen LogP contribution in [0.15, 0.2) is 18.3 Å². The molecule has 2 rings (SSSR count). The summed E-state index contributed by atoms with van der Waals surface area (Å²) in [6.07, 6.45) is -2.65. The fourth-order valence-corrected chi connectivity index (χ4v) is 2.53. The number of aryl methyl sites for hydroxylation is 2. The van der Waals surface area contributed by atoms with Crippen LogP contribution in [-0.2, 0) is 30.6 Å². The summed E-state index contributed by atoms with van der Waals surface area (Å²) in [5.74, 6) is -0.674.